The normalized spacial score (nSPS) is 10.5. The Hall–Kier alpha value is -1.53. The van der Waals surface area contributed by atoms with Gasteiger partial charge < -0.3 is 14.7 Å². The molecule has 6 heteroatoms. The molecule has 0 saturated heterocycles. The first-order valence-electron chi connectivity index (χ1n) is 5.94. The molecule has 4 nitrogen and oxygen atoms in total. The molecule has 1 rings (SSSR count). The van der Waals surface area contributed by atoms with E-state index in [9.17, 15) is 13.6 Å². The molecular formula is C13H17F2NO3. The first-order chi connectivity index (χ1) is 9.10. The second kappa shape index (κ2) is 7.81. The predicted octanol–water partition coefficient (Wildman–Crippen LogP) is 1.44. The Labute approximate surface area is 110 Å². The smallest absolute Gasteiger partial charge is 0.254 e. The van der Waals surface area contributed by atoms with E-state index in [-0.39, 0.29) is 18.7 Å². The second-order valence-corrected chi connectivity index (χ2v) is 3.99. The second-order valence-electron chi connectivity index (χ2n) is 3.99. The molecule has 0 aliphatic heterocycles. The van der Waals surface area contributed by atoms with Crippen LogP contribution in [0.2, 0.25) is 0 Å². The third-order valence-corrected chi connectivity index (χ3v) is 2.60. The zero-order chi connectivity index (χ0) is 14.3. The number of benzene rings is 1. The minimum atomic E-state index is -1.06. The molecule has 0 atom stereocenters. The summed E-state index contributed by atoms with van der Waals surface area (Å²) in [7, 11) is 1.55. The summed E-state index contributed by atoms with van der Waals surface area (Å²) in [4.78, 5) is 13.5. The Morgan fingerprint density at radius 2 is 2.05 bits per heavy atom. The van der Waals surface area contributed by atoms with Crippen molar-refractivity contribution in [2.45, 2.75) is 6.42 Å². The number of aliphatic hydroxyl groups is 1. The molecule has 0 aromatic heterocycles. The summed E-state index contributed by atoms with van der Waals surface area (Å²) < 4.78 is 30.8. The highest BCUT2D eigenvalue weighted by molar-refractivity contribution is 5.94. The molecule has 1 N–H and O–H groups in total. The monoisotopic (exact) mass is 273 g/mol. The number of hydrogen-bond donors (Lipinski definition) is 1. The van der Waals surface area contributed by atoms with Crippen molar-refractivity contribution in [3.05, 3.63) is 35.4 Å². The van der Waals surface area contributed by atoms with Crippen LogP contribution < -0.4 is 0 Å². The maximum Gasteiger partial charge on any atom is 0.254 e. The Balaban J connectivity index is 2.76. The lowest BCUT2D eigenvalue weighted by molar-refractivity contribution is 0.0701. The van der Waals surface area contributed by atoms with E-state index in [1.807, 2.05) is 0 Å². The van der Waals surface area contributed by atoms with Crippen LogP contribution in [0.1, 0.15) is 16.8 Å². The quantitative estimate of drug-likeness (QED) is 0.765. The summed E-state index contributed by atoms with van der Waals surface area (Å²) in [5, 5.41) is 8.93. The molecule has 1 amide bonds. The summed E-state index contributed by atoms with van der Waals surface area (Å²) in [6.45, 7) is 0.809. The van der Waals surface area contributed by atoms with E-state index in [1.165, 1.54) is 11.0 Å². The van der Waals surface area contributed by atoms with Gasteiger partial charge in [0.25, 0.3) is 5.91 Å². The van der Waals surface area contributed by atoms with Gasteiger partial charge in [-0.15, -0.1) is 0 Å². The number of hydrogen-bond acceptors (Lipinski definition) is 3. The molecule has 1 aromatic carbocycles. The Bertz CT molecular complexity index is 426. The van der Waals surface area contributed by atoms with Gasteiger partial charge in [0, 0.05) is 32.4 Å². The lowest BCUT2D eigenvalue weighted by atomic mass is 10.2. The van der Waals surface area contributed by atoms with Crippen molar-refractivity contribution in [2.24, 2.45) is 0 Å². The van der Waals surface area contributed by atoms with Gasteiger partial charge >= 0.3 is 0 Å². The van der Waals surface area contributed by atoms with E-state index in [2.05, 4.69) is 0 Å². The molecule has 0 saturated carbocycles. The topological polar surface area (TPSA) is 49.8 Å². The zero-order valence-corrected chi connectivity index (χ0v) is 10.7. The van der Waals surface area contributed by atoms with Gasteiger partial charge in [0.05, 0.1) is 6.61 Å². The highest BCUT2D eigenvalue weighted by Gasteiger charge is 2.16. The van der Waals surface area contributed by atoms with Crippen LogP contribution in [-0.4, -0.2) is 49.3 Å². The Morgan fingerprint density at radius 1 is 1.32 bits per heavy atom. The average molecular weight is 273 g/mol. The van der Waals surface area contributed by atoms with Gasteiger partial charge in [-0.2, -0.15) is 0 Å². The van der Waals surface area contributed by atoms with Crippen LogP contribution >= 0.6 is 0 Å². The molecule has 0 radical (unpaired) electrons. The number of amides is 1. The van der Waals surface area contributed by atoms with Crippen LogP contribution in [0.15, 0.2) is 18.2 Å². The molecule has 106 valence electrons. The lowest BCUT2D eigenvalue weighted by Crippen LogP contribution is -2.35. The molecule has 0 unspecified atom stereocenters. The largest absolute Gasteiger partial charge is 0.395 e. The van der Waals surface area contributed by atoms with Crippen molar-refractivity contribution >= 4 is 5.91 Å². The van der Waals surface area contributed by atoms with Crippen LogP contribution in [0.4, 0.5) is 8.78 Å². The van der Waals surface area contributed by atoms with Crippen LogP contribution in [-0.2, 0) is 4.74 Å². The first kappa shape index (κ1) is 15.5. The molecular weight excluding hydrogens is 256 g/mol. The minimum Gasteiger partial charge on any atom is -0.395 e. The molecule has 0 spiro atoms. The van der Waals surface area contributed by atoms with Gasteiger partial charge in [0.2, 0.25) is 0 Å². The van der Waals surface area contributed by atoms with Crippen LogP contribution in [0.3, 0.4) is 0 Å². The highest BCUT2D eigenvalue weighted by atomic mass is 19.2. The summed E-state index contributed by atoms with van der Waals surface area (Å²) in [6.07, 6.45) is 0.603. The van der Waals surface area contributed by atoms with Crippen molar-refractivity contribution in [1.29, 1.82) is 0 Å². The van der Waals surface area contributed by atoms with Gasteiger partial charge in [-0.3, -0.25) is 4.79 Å². The van der Waals surface area contributed by atoms with Gasteiger partial charge in [-0.05, 0) is 24.6 Å². The molecule has 0 aliphatic rings. The van der Waals surface area contributed by atoms with E-state index in [0.717, 1.165) is 12.1 Å². The van der Waals surface area contributed by atoms with Crippen LogP contribution in [0.5, 0.6) is 0 Å². The number of nitrogens with zero attached hydrogens (tertiary/aromatic N) is 1. The van der Waals surface area contributed by atoms with Gasteiger partial charge in [0.15, 0.2) is 11.6 Å². The first-order valence-corrected chi connectivity index (χ1v) is 5.94. The molecule has 0 heterocycles. The molecule has 19 heavy (non-hydrogen) atoms. The third kappa shape index (κ3) is 4.57. The standard InChI is InChI=1S/C13H17F2NO3/c1-19-8-2-5-16(6-7-17)13(18)10-3-4-11(14)12(15)9-10/h3-4,9,17H,2,5-8H2,1H3. The minimum absolute atomic E-state index is 0.0600. The van der Waals surface area contributed by atoms with Crippen molar-refractivity contribution in [1.82, 2.24) is 4.90 Å². The van der Waals surface area contributed by atoms with Crippen LogP contribution in [0, 0.1) is 11.6 Å². The van der Waals surface area contributed by atoms with E-state index in [0.29, 0.717) is 19.6 Å². The van der Waals surface area contributed by atoms with Crippen molar-refractivity contribution in [2.75, 3.05) is 33.4 Å². The summed E-state index contributed by atoms with van der Waals surface area (Å²) in [6, 6.07) is 2.99. The van der Waals surface area contributed by atoms with Gasteiger partial charge in [-0.1, -0.05) is 0 Å². The predicted molar refractivity (Wildman–Crippen MR) is 65.8 cm³/mol. The third-order valence-electron chi connectivity index (χ3n) is 2.60. The lowest BCUT2D eigenvalue weighted by Gasteiger charge is -2.21. The highest BCUT2D eigenvalue weighted by Crippen LogP contribution is 2.11. The van der Waals surface area contributed by atoms with E-state index >= 15 is 0 Å². The maximum atomic E-state index is 13.1. The number of carbonyl (C=O) groups excluding carboxylic acids is 1. The Kier molecular flexibility index (Phi) is 6.38. The van der Waals surface area contributed by atoms with E-state index in [4.69, 9.17) is 9.84 Å². The summed E-state index contributed by atoms with van der Waals surface area (Å²) in [5.74, 6) is -2.50. The number of ether oxygens (including phenoxy) is 1. The van der Waals surface area contributed by atoms with Gasteiger partial charge in [-0.25, -0.2) is 8.78 Å². The molecule has 1 aromatic rings. The maximum absolute atomic E-state index is 13.1. The van der Waals surface area contributed by atoms with Crippen LogP contribution in [0.25, 0.3) is 0 Å². The number of halogens is 2. The summed E-state index contributed by atoms with van der Waals surface area (Å²) in [5.41, 5.74) is 0.0600. The number of carbonyl (C=O) groups is 1. The van der Waals surface area contributed by atoms with E-state index < -0.39 is 17.5 Å². The molecule has 0 bridgehead atoms. The fourth-order valence-corrected chi connectivity index (χ4v) is 1.65. The number of aliphatic hydroxyl groups excluding tert-OH is 1. The van der Waals surface area contributed by atoms with E-state index in [1.54, 1.807) is 7.11 Å². The molecule has 0 fully saturated rings. The number of rotatable bonds is 7. The SMILES string of the molecule is COCCCN(CCO)C(=O)c1ccc(F)c(F)c1. The zero-order valence-electron chi connectivity index (χ0n) is 10.7. The number of methoxy groups -OCH3 is 1. The van der Waals surface area contributed by atoms with Gasteiger partial charge in [0.1, 0.15) is 0 Å². The molecule has 0 aliphatic carbocycles. The average Bonchev–Trinajstić information content (AvgIpc) is 2.40. The van der Waals surface area contributed by atoms with Crippen molar-refractivity contribution in [3.63, 3.8) is 0 Å². The fourth-order valence-electron chi connectivity index (χ4n) is 1.65. The Morgan fingerprint density at radius 3 is 2.63 bits per heavy atom. The van der Waals surface area contributed by atoms with Crippen molar-refractivity contribution < 1.29 is 23.4 Å². The summed E-state index contributed by atoms with van der Waals surface area (Å²) >= 11 is 0. The van der Waals surface area contributed by atoms with Crippen molar-refractivity contribution in [3.8, 4) is 0 Å². The fraction of sp³-hybridized carbons (Fsp3) is 0.462.